The van der Waals surface area contributed by atoms with Crippen LogP contribution in [-0.2, 0) is 9.59 Å². The molecule has 0 spiro atoms. The van der Waals surface area contributed by atoms with Crippen molar-refractivity contribution in [2.45, 2.75) is 12.5 Å². The van der Waals surface area contributed by atoms with Crippen LogP contribution in [-0.4, -0.2) is 103 Å². The van der Waals surface area contributed by atoms with E-state index in [1.807, 2.05) is 24.1 Å². The Labute approximate surface area is 214 Å². The summed E-state index contributed by atoms with van der Waals surface area (Å²) in [6, 6.07) is 4.81. The molecule has 4 aliphatic heterocycles. The minimum absolute atomic E-state index is 0.104. The third kappa shape index (κ3) is 4.89. The van der Waals surface area contributed by atoms with Gasteiger partial charge in [-0.15, -0.1) is 0 Å². The Bertz CT molecular complexity index is 1210. The number of methoxy groups -OCH3 is 1. The molecule has 196 valence electrons. The van der Waals surface area contributed by atoms with Gasteiger partial charge in [-0.1, -0.05) is 0 Å². The molecule has 1 fully saturated rings. The van der Waals surface area contributed by atoms with Crippen LogP contribution < -0.4 is 25.0 Å². The first-order valence-electron chi connectivity index (χ1n) is 12.3. The van der Waals surface area contributed by atoms with Gasteiger partial charge in [-0.2, -0.15) is 0 Å². The number of aliphatic hydroxyl groups is 1. The highest BCUT2D eigenvalue weighted by Gasteiger charge is 2.34. The van der Waals surface area contributed by atoms with Crippen LogP contribution in [0, 0.1) is 0 Å². The third-order valence-electron chi connectivity index (χ3n) is 6.91. The Morgan fingerprint density at radius 2 is 1.92 bits per heavy atom. The van der Waals surface area contributed by atoms with Crippen molar-refractivity contribution < 1.29 is 24.2 Å². The zero-order valence-corrected chi connectivity index (χ0v) is 20.9. The average molecular weight is 510 g/mol. The van der Waals surface area contributed by atoms with Crippen molar-refractivity contribution in [1.82, 2.24) is 19.8 Å². The number of fused-ring (bicyclic) bond motifs is 9. The molecule has 4 aliphatic rings. The Morgan fingerprint density at radius 1 is 1.14 bits per heavy atom. The van der Waals surface area contributed by atoms with E-state index in [4.69, 9.17) is 9.47 Å². The smallest absolute Gasteiger partial charge is 0.259 e. The maximum absolute atomic E-state index is 13.2. The lowest BCUT2D eigenvalue weighted by atomic mass is 10.1. The summed E-state index contributed by atoms with van der Waals surface area (Å²) in [6.07, 6.45) is 3.73. The molecule has 12 heteroatoms. The van der Waals surface area contributed by atoms with Crippen LogP contribution in [0.5, 0.6) is 11.5 Å². The first-order valence-corrected chi connectivity index (χ1v) is 12.3. The van der Waals surface area contributed by atoms with E-state index in [2.05, 4.69) is 25.5 Å². The van der Waals surface area contributed by atoms with E-state index in [1.165, 1.54) is 6.33 Å². The number of benzene rings is 1. The minimum atomic E-state index is -0.629. The lowest BCUT2D eigenvalue weighted by Crippen LogP contribution is -2.55. The van der Waals surface area contributed by atoms with Gasteiger partial charge >= 0.3 is 0 Å². The summed E-state index contributed by atoms with van der Waals surface area (Å²) in [6.45, 7) is 2.76. The summed E-state index contributed by atoms with van der Waals surface area (Å²) < 4.78 is 11.4. The normalized spacial score (nSPS) is 22.0. The second-order valence-electron chi connectivity index (χ2n) is 9.14. The summed E-state index contributed by atoms with van der Waals surface area (Å²) in [7, 11) is 3.41. The van der Waals surface area contributed by atoms with Gasteiger partial charge in [0.2, 0.25) is 5.91 Å². The van der Waals surface area contributed by atoms with E-state index in [-0.39, 0.29) is 18.4 Å². The SMILES string of the molecule is COc1ccc2cc1OCCCN(C)[C@H](CO)C(=O)N1CCN(CC1)c1ncnc3c1/C(=C/N2)C(=O)N3. The van der Waals surface area contributed by atoms with E-state index in [0.717, 1.165) is 5.69 Å². The molecule has 37 heavy (non-hydrogen) atoms. The number of hydrogen-bond acceptors (Lipinski definition) is 10. The van der Waals surface area contributed by atoms with Crippen molar-refractivity contribution in [1.29, 1.82) is 0 Å². The topological polar surface area (TPSA) is 132 Å². The van der Waals surface area contributed by atoms with E-state index in [1.54, 1.807) is 24.3 Å². The molecule has 2 aromatic rings. The summed E-state index contributed by atoms with van der Waals surface area (Å²) in [5.74, 6) is 1.84. The lowest BCUT2D eigenvalue weighted by Gasteiger charge is -2.38. The fraction of sp³-hybridized carbons (Fsp3) is 0.440. The summed E-state index contributed by atoms with van der Waals surface area (Å²) >= 11 is 0. The number of carbonyl (C=O) groups is 2. The first-order chi connectivity index (χ1) is 18.0. The number of nitrogens with zero attached hydrogens (tertiary/aromatic N) is 5. The van der Waals surface area contributed by atoms with Crippen LogP contribution in [0.2, 0.25) is 0 Å². The van der Waals surface area contributed by atoms with Crippen LogP contribution in [0.4, 0.5) is 17.3 Å². The number of piperazine rings is 1. The molecule has 6 rings (SSSR count). The average Bonchev–Trinajstić information content (AvgIpc) is 3.24. The lowest BCUT2D eigenvalue weighted by molar-refractivity contribution is -0.138. The molecule has 0 unspecified atom stereocenters. The Balaban J connectivity index is 1.51. The number of carbonyl (C=O) groups excluding carboxylic acids is 2. The first kappa shape index (κ1) is 24.8. The van der Waals surface area contributed by atoms with Crippen LogP contribution in [0.15, 0.2) is 30.7 Å². The molecule has 2 amide bonds. The largest absolute Gasteiger partial charge is 0.493 e. The second-order valence-corrected chi connectivity index (χ2v) is 9.14. The zero-order valence-electron chi connectivity index (χ0n) is 20.9. The van der Waals surface area contributed by atoms with Gasteiger partial charge in [-0.3, -0.25) is 14.5 Å². The molecule has 5 heterocycles. The van der Waals surface area contributed by atoms with E-state index in [0.29, 0.717) is 80.0 Å². The van der Waals surface area contributed by atoms with Crippen molar-refractivity contribution in [3.05, 3.63) is 36.3 Å². The number of aliphatic hydroxyl groups excluding tert-OH is 1. The van der Waals surface area contributed by atoms with Crippen molar-refractivity contribution in [2.75, 3.05) is 75.6 Å². The van der Waals surface area contributed by atoms with E-state index < -0.39 is 6.04 Å². The molecule has 0 saturated carbocycles. The number of nitrogens with one attached hydrogen (secondary N) is 2. The molecule has 1 saturated heterocycles. The van der Waals surface area contributed by atoms with Crippen molar-refractivity contribution >= 4 is 34.7 Å². The van der Waals surface area contributed by atoms with Crippen molar-refractivity contribution in [3.63, 3.8) is 0 Å². The van der Waals surface area contributed by atoms with Gasteiger partial charge in [0.25, 0.3) is 5.91 Å². The Hall–Kier alpha value is -3.90. The third-order valence-corrected chi connectivity index (χ3v) is 6.91. The van der Waals surface area contributed by atoms with Crippen molar-refractivity contribution in [2.24, 2.45) is 0 Å². The highest BCUT2D eigenvalue weighted by atomic mass is 16.5. The summed E-state index contributed by atoms with van der Waals surface area (Å²) in [5.41, 5.74) is 1.76. The van der Waals surface area contributed by atoms with Gasteiger partial charge < -0.3 is 35.0 Å². The predicted molar refractivity (Wildman–Crippen MR) is 138 cm³/mol. The zero-order chi connectivity index (χ0) is 25.9. The quantitative estimate of drug-likeness (QED) is 0.529. The van der Waals surface area contributed by atoms with Crippen molar-refractivity contribution in [3.8, 4) is 11.5 Å². The number of ether oxygens (including phenoxy) is 2. The number of hydrogen-bond donors (Lipinski definition) is 3. The van der Waals surface area contributed by atoms with Crippen LogP contribution in [0.25, 0.3) is 5.57 Å². The van der Waals surface area contributed by atoms with Crippen LogP contribution >= 0.6 is 0 Å². The summed E-state index contributed by atoms with van der Waals surface area (Å²) in [4.78, 5) is 40.6. The molecule has 0 radical (unpaired) electrons. The molecule has 3 N–H and O–H groups in total. The van der Waals surface area contributed by atoms with Crippen LogP contribution in [0.3, 0.4) is 0 Å². The molecule has 1 aromatic heterocycles. The Kier molecular flexibility index (Phi) is 7.10. The number of rotatable bonds is 2. The minimum Gasteiger partial charge on any atom is -0.493 e. The summed E-state index contributed by atoms with van der Waals surface area (Å²) in [5, 5.41) is 16.0. The molecule has 1 atom stereocenters. The van der Waals surface area contributed by atoms with Gasteiger partial charge in [0.05, 0.1) is 31.5 Å². The molecular formula is C25H31N7O5. The number of aromatic nitrogens is 2. The molecule has 1 aromatic carbocycles. The highest BCUT2D eigenvalue weighted by molar-refractivity contribution is 6.32. The maximum atomic E-state index is 13.2. The van der Waals surface area contributed by atoms with Gasteiger partial charge in [0.1, 0.15) is 24.0 Å². The van der Waals surface area contributed by atoms with Gasteiger partial charge in [-0.05, 0) is 25.6 Å². The second kappa shape index (κ2) is 10.6. The van der Waals surface area contributed by atoms with Gasteiger partial charge in [0.15, 0.2) is 11.5 Å². The number of anilines is 3. The van der Waals surface area contributed by atoms with E-state index >= 15 is 0 Å². The van der Waals surface area contributed by atoms with Crippen LogP contribution in [0.1, 0.15) is 12.0 Å². The number of amides is 2. The Morgan fingerprint density at radius 3 is 2.68 bits per heavy atom. The van der Waals surface area contributed by atoms with Gasteiger partial charge in [-0.25, -0.2) is 9.97 Å². The van der Waals surface area contributed by atoms with Gasteiger partial charge in [0, 0.05) is 50.7 Å². The molecule has 4 bridgehead atoms. The maximum Gasteiger partial charge on any atom is 0.259 e. The fourth-order valence-electron chi connectivity index (χ4n) is 4.83. The molecule has 12 nitrogen and oxygen atoms in total. The standard InChI is InChI=1S/C25H31N7O5/c1-30-6-3-11-37-20-12-16(4-5-19(20)36-2)26-13-17-21-22(29-24(17)34)27-15-28-23(21)31-7-9-32(10-8-31)25(35)18(30)14-33/h4-5,12-13,15,18,26,33H,3,6-11,14H2,1-2H3,(H,27,28,29,34)/b17-13-/t18-/m1/s1. The molecule has 0 aliphatic carbocycles. The molecular weight excluding hydrogens is 478 g/mol. The van der Waals surface area contributed by atoms with E-state index in [9.17, 15) is 14.7 Å². The predicted octanol–water partition coefficient (Wildman–Crippen LogP) is 0.614. The number of likely N-dealkylation sites (N-methyl/N-ethyl adjacent to an activating group) is 1. The fourth-order valence-corrected chi connectivity index (χ4v) is 4.83. The highest BCUT2D eigenvalue weighted by Crippen LogP contribution is 2.37. The monoisotopic (exact) mass is 509 g/mol.